The second-order valence-electron chi connectivity index (χ2n) is 4.12. The van der Waals surface area contributed by atoms with Gasteiger partial charge in [-0.15, -0.1) is 11.3 Å². The van der Waals surface area contributed by atoms with Crippen molar-refractivity contribution in [1.82, 2.24) is 4.98 Å². The summed E-state index contributed by atoms with van der Waals surface area (Å²) in [5.41, 5.74) is 0. The van der Waals surface area contributed by atoms with Crippen LogP contribution in [-0.4, -0.2) is 21.6 Å². The number of thioether (sulfide) groups is 1. The fraction of sp³-hybridized carbons (Fsp3) is 0.727. The number of nitrogens with zero attached hydrogens (tertiary/aromatic N) is 1. The van der Waals surface area contributed by atoms with Crippen LogP contribution in [-0.2, 0) is 6.42 Å². The van der Waals surface area contributed by atoms with Crippen molar-refractivity contribution in [1.29, 1.82) is 0 Å². The van der Waals surface area contributed by atoms with Gasteiger partial charge in [-0.3, -0.25) is 0 Å². The minimum Gasteiger partial charge on any atom is -0.388 e. The van der Waals surface area contributed by atoms with Gasteiger partial charge >= 0.3 is 0 Å². The van der Waals surface area contributed by atoms with Crippen LogP contribution in [0.3, 0.4) is 0 Å². The molecule has 2 atom stereocenters. The summed E-state index contributed by atoms with van der Waals surface area (Å²) < 4.78 is 0. The van der Waals surface area contributed by atoms with Crippen molar-refractivity contribution >= 4 is 23.1 Å². The average Bonchev–Trinajstić information content (AvgIpc) is 2.68. The number of aliphatic hydroxyl groups excluding tert-OH is 1. The van der Waals surface area contributed by atoms with Gasteiger partial charge in [-0.05, 0) is 37.2 Å². The molecule has 1 fully saturated rings. The number of aromatic nitrogens is 1. The normalized spacial score (nSPS) is 24.0. The van der Waals surface area contributed by atoms with Crippen LogP contribution in [0, 0.1) is 5.92 Å². The topological polar surface area (TPSA) is 33.1 Å². The fourth-order valence-corrected chi connectivity index (χ4v) is 3.96. The molecule has 15 heavy (non-hydrogen) atoms. The molecule has 2 heterocycles. The summed E-state index contributed by atoms with van der Waals surface area (Å²) in [7, 11) is 0. The molecule has 0 bridgehead atoms. The van der Waals surface area contributed by atoms with E-state index in [4.69, 9.17) is 0 Å². The molecule has 1 aromatic rings. The predicted octanol–water partition coefficient (Wildman–Crippen LogP) is 2.88. The molecule has 0 aliphatic carbocycles. The van der Waals surface area contributed by atoms with Gasteiger partial charge in [0.25, 0.3) is 0 Å². The molecule has 0 aromatic carbocycles. The van der Waals surface area contributed by atoms with E-state index in [1.165, 1.54) is 29.4 Å². The maximum absolute atomic E-state index is 9.41. The molecule has 2 unspecified atom stereocenters. The first-order valence-electron chi connectivity index (χ1n) is 5.46. The summed E-state index contributed by atoms with van der Waals surface area (Å²) in [6, 6.07) is 0. The van der Waals surface area contributed by atoms with Crippen LogP contribution in [0.25, 0.3) is 0 Å². The first kappa shape index (κ1) is 11.4. The van der Waals surface area contributed by atoms with Crippen molar-refractivity contribution in [3.8, 4) is 0 Å². The molecule has 1 aliphatic rings. The van der Waals surface area contributed by atoms with Gasteiger partial charge in [0, 0.05) is 12.6 Å². The standard InChI is InChI=1S/C11H17NOS2/c1-8(13)10-6-12-11(15-10)5-9-3-2-4-14-7-9/h6,8-9,13H,2-5,7H2,1H3. The van der Waals surface area contributed by atoms with Gasteiger partial charge in [0.1, 0.15) is 0 Å². The van der Waals surface area contributed by atoms with E-state index in [0.29, 0.717) is 0 Å². The zero-order valence-electron chi connectivity index (χ0n) is 8.98. The van der Waals surface area contributed by atoms with E-state index >= 15 is 0 Å². The van der Waals surface area contributed by atoms with Gasteiger partial charge in [-0.2, -0.15) is 11.8 Å². The molecule has 1 saturated heterocycles. The Hall–Kier alpha value is -0.0600. The zero-order chi connectivity index (χ0) is 10.7. The van der Waals surface area contributed by atoms with Crippen molar-refractivity contribution < 1.29 is 5.11 Å². The van der Waals surface area contributed by atoms with Gasteiger partial charge in [-0.25, -0.2) is 4.98 Å². The highest BCUT2D eigenvalue weighted by Gasteiger charge is 2.16. The van der Waals surface area contributed by atoms with E-state index in [0.717, 1.165) is 17.2 Å². The van der Waals surface area contributed by atoms with Crippen molar-refractivity contribution in [2.75, 3.05) is 11.5 Å². The smallest absolute Gasteiger partial charge is 0.0931 e. The lowest BCUT2D eigenvalue weighted by atomic mass is 10.0. The van der Waals surface area contributed by atoms with Crippen LogP contribution < -0.4 is 0 Å². The monoisotopic (exact) mass is 243 g/mol. The Morgan fingerprint density at radius 2 is 2.53 bits per heavy atom. The summed E-state index contributed by atoms with van der Waals surface area (Å²) >= 11 is 3.73. The lowest BCUT2D eigenvalue weighted by Gasteiger charge is -2.19. The zero-order valence-corrected chi connectivity index (χ0v) is 10.6. The molecular weight excluding hydrogens is 226 g/mol. The molecule has 0 saturated carbocycles. The highest BCUT2D eigenvalue weighted by molar-refractivity contribution is 7.99. The maximum atomic E-state index is 9.41. The molecule has 2 rings (SSSR count). The summed E-state index contributed by atoms with van der Waals surface area (Å²) in [5, 5.41) is 10.6. The molecule has 0 radical (unpaired) electrons. The van der Waals surface area contributed by atoms with Crippen LogP contribution in [0.2, 0.25) is 0 Å². The Balaban J connectivity index is 1.91. The lowest BCUT2D eigenvalue weighted by Crippen LogP contribution is -2.12. The SMILES string of the molecule is CC(O)c1cnc(CC2CCCSC2)s1. The molecule has 84 valence electrons. The van der Waals surface area contributed by atoms with E-state index in [-0.39, 0.29) is 6.10 Å². The number of thiazole rings is 1. The summed E-state index contributed by atoms with van der Waals surface area (Å²) in [6.45, 7) is 1.80. The molecule has 0 amide bonds. The minimum absolute atomic E-state index is 0.364. The highest BCUT2D eigenvalue weighted by atomic mass is 32.2. The Morgan fingerprint density at radius 3 is 3.13 bits per heavy atom. The number of hydrogen-bond acceptors (Lipinski definition) is 4. The van der Waals surface area contributed by atoms with Crippen molar-refractivity contribution in [3.63, 3.8) is 0 Å². The Morgan fingerprint density at radius 1 is 1.67 bits per heavy atom. The summed E-state index contributed by atoms with van der Waals surface area (Å²) in [5.74, 6) is 3.41. The van der Waals surface area contributed by atoms with Gasteiger partial charge in [0.15, 0.2) is 0 Å². The third kappa shape index (κ3) is 3.20. The Labute approximate surface area is 99.1 Å². The number of hydrogen-bond donors (Lipinski definition) is 1. The van der Waals surface area contributed by atoms with Crippen LogP contribution in [0.4, 0.5) is 0 Å². The van der Waals surface area contributed by atoms with Crippen LogP contribution >= 0.6 is 23.1 Å². The van der Waals surface area contributed by atoms with Crippen LogP contribution in [0.15, 0.2) is 6.20 Å². The summed E-state index contributed by atoms with van der Waals surface area (Å²) in [6.07, 6.45) is 5.25. The molecule has 1 aliphatic heterocycles. The molecule has 4 heteroatoms. The molecule has 1 N–H and O–H groups in total. The minimum atomic E-state index is -0.364. The number of rotatable bonds is 3. The van der Waals surface area contributed by atoms with Crippen molar-refractivity contribution in [2.45, 2.75) is 32.3 Å². The molecule has 2 nitrogen and oxygen atoms in total. The molecule has 1 aromatic heterocycles. The highest BCUT2D eigenvalue weighted by Crippen LogP contribution is 2.28. The van der Waals surface area contributed by atoms with Gasteiger partial charge < -0.3 is 5.11 Å². The van der Waals surface area contributed by atoms with Crippen molar-refractivity contribution in [2.24, 2.45) is 5.92 Å². The largest absolute Gasteiger partial charge is 0.388 e. The van der Waals surface area contributed by atoms with E-state index < -0.39 is 0 Å². The second kappa shape index (κ2) is 5.32. The average molecular weight is 243 g/mol. The van der Waals surface area contributed by atoms with Gasteiger partial charge in [0.2, 0.25) is 0 Å². The van der Waals surface area contributed by atoms with Crippen LogP contribution in [0.1, 0.15) is 35.8 Å². The first-order valence-corrected chi connectivity index (χ1v) is 7.43. The Bertz CT molecular complexity index is 305. The van der Waals surface area contributed by atoms with E-state index in [9.17, 15) is 5.11 Å². The van der Waals surface area contributed by atoms with Crippen LogP contribution in [0.5, 0.6) is 0 Å². The maximum Gasteiger partial charge on any atom is 0.0931 e. The first-order chi connectivity index (χ1) is 7.25. The van der Waals surface area contributed by atoms with E-state index in [1.54, 1.807) is 18.3 Å². The fourth-order valence-electron chi connectivity index (χ4n) is 1.83. The van der Waals surface area contributed by atoms with E-state index in [2.05, 4.69) is 16.7 Å². The molecular formula is C11H17NOS2. The predicted molar refractivity (Wildman–Crippen MR) is 66.5 cm³/mol. The number of aliphatic hydroxyl groups is 1. The second-order valence-corrected chi connectivity index (χ2v) is 6.42. The Kier molecular flexibility index (Phi) is 4.05. The quantitative estimate of drug-likeness (QED) is 0.886. The van der Waals surface area contributed by atoms with Gasteiger partial charge in [0.05, 0.1) is 16.0 Å². The lowest BCUT2D eigenvalue weighted by molar-refractivity contribution is 0.203. The van der Waals surface area contributed by atoms with E-state index in [1.807, 2.05) is 6.20 Å². The van der Waals surface area contributed by atoms with Crippen molar-refractivity contribution in [3.05, 3.63) is 16.1 Å². The summed E-state index contributed by atoms with van der Waals surface area (Å²) in [4.78, 5) is 5.37. The third-order valence-electron chi connectivity index (χ3n) is 2.70. The third-order valence-corrected chi connectivity index (χ3v) is 5.18. The van der Waals surface area contributed by atoms with Gasteiger partial charge in [-0.1, -0.05) is 0 Å². The molecule has 0 spiro atoms.